The van der Waals surface area contributed by atoms with Crippen LogP contribution in [0.1, 0.15) is 75.0 Å². The van der Waals surface area contributed by atoms with Gasteiger partial charge in [-0.15, -0.1) is 0 Å². The van der Waals surface area contributed by atoms with Crippen LogP contribution in [-0.4, -0.2) is 6.54 Å². The van der Waals surface area contributed by atoms with Crippen LogP contribution in [0.15, 0.2) is 134 Å². The minimum Gasteiger partial charge on any atom is -0.473 e. The standard InChI is InChI=1S/C43H29F6NO2.C10H14/c1-24-31-8-4-5-9-33(31)41(52-24)35-16-14-30(50-23-40(2,3)34-10-6-7-11-36(34)50)22-38(35)51-37-17-13-26-18-25(12-15-32(26)39(37)41)27-19-28(42(44,45)46)21-29(20-27)43(47,48)49;1-7-5-8(2)10(4)9(3)6-7/h4-22H,1,23H2,2-3H3;5-6H,1-4H3. The van der Waals surface area contributed by atoms with Crippen molar-refractivity contribution >= 4 is 27.9 Å². The first-order chi connectivity index (χ1) is 29.3. The van der Waals surface area contributed by atoms with Gasteiger partial charge in [-0.05, 0) is 120 Å². The van der Waals surface area contributed by atoms with Crippen molar-refractivity contribution in [2.24, 2.45) is 0 Å². The zero-order valence-electron chi connectivity index (χ0n) is 35.1. The van der Waals surface area contributed by atoms with E-state index in [0.717, 1.165) is 46.7 Å². The monoisotopic (exact) mass is 839 g/mol. The lowest BCUT2D eigenvalue weighted by molar-refractivity contribution is -0.143. The average molecular weight is 840 g/mol. The van der Waals surface area contributed by atoms with Crippen LogP contribution in [0.25, 0.3) is 27.7 Å². The molecule has 7 aromatic rings. The van der Waals surface area contributed by atoms with E-state index in [4.69, 9.17) is 9.47 Å². The second kappa shape index (κ2) is 14.3. The van der Waals surface area contributed by atoms with Crippen LogP contribution in [0.5, 0.6) is 11.5 Å². The van der Waals surface area contributed by atoms with Crippen LogP contribution in [0.2, 0.25) is 0 Å². The van der Waals surface area contributed by atoms with Gasteiger partial charge in [-0.1, -0.05) is 98.8 Å². The van der Waals surface area contributed by atoms with E-state index in [-0.39, 0.29) is 22.6 Å². The van der Waals surface area contributed by atoms with Crippen molar-refractivity contribution in [1.82, 2.24) is 0 Å². The molecule has 0 saturated heterocycles. The molecule has 10 rings (SSSR count). The molecular weight excluding hydrogens is 797 g/mol. The predicted octanol–water partition coefficient (Wildman–Crippen LogP) is 15.3. The van der Waals surface area contributed by atoms with Crippen LogP contribution in [0.3, 0.4) is 0 Å². The van der Waals surface area contributed by atoms with E-state index in [0.29, 0.717) is 33.6 Å². The Morgan fingerprint density at radius 3 is 1.94 bits per heavy atom. The molecule has 3 aliphatic heterocycles. The van der Waals surface area contributed by atoms with Crippen LogP contribution in [-0.2, 0) is 28.1 Å². The van der Waals surface area contributed by atoms with Gasteiger partial charge in [0.15, 0.2) is 5.60 Å². The fourth-order valence-corrected chi connectivity index (χ4v) is 9.41. The quantitative estimate of drug-likeness (QED) is 0.162. The summed E-state index contributed by atoms with van der Waals surface area (Å²) in [6.45, 7) is 18.1. The highest BCUT2D eigenvalue weighted by Gasteiger charge is 2.53. The van der Waals surface area contributed by atoms with Crippen molar-refractivity contribution in [1.29, 1.82) is 0 Å². The molecule has 0 fully saturated rings. The maximum Gasteiger partial charge on any atom is 0.416 e. The zero-order valence-corrected chi connectivity index (χ0v) is 35.1. The van der Waals surface area contributed by atoms with Crippen LogP contribution < -0.4 is 9.64 Å². The molecule has 3 heterocycles. The Hall–Kier alpha value is -6.48. The van der Waals surface area contributed by atoms with E-state index in [1.54, 1.807) is 24.3 Å². The molecular formula is C53H43F6NO2. The van der Waals surface area contributed by atoms with Gasteiger partial charge >= 0.3 is 12.4 Å². The molecule has 1 unspecified atom stereocenters. The van der Waals surface area contributed by atoms with Crippen LogP contribution in [0.4, 0.5) is 37.7 Å². The molecule has 0 bridgehead atoms. The van der Waals surface area contributed by atoms with Gasteiger partial charge < -0.3 is 14.4 Å². The molecule has 3 nitrogen and oxygen atoms in total. The number of fused-ring (bicyclic) bond motifs is 9. The second-order valence-electron chi connectivity index (χ2n) is 17.2. The lowest BCUT2D eigenvalue weighted by Gasteiger charge is -2.38. The molecule has 0 amide bonds. The van der Waals surface area contributed by atoms with Gasteiger partial charge in [0.1, 0.15) is 17.3 Å². The van der Waals surface area contributed by atoms with Gasteiger partial charge in [0.2, 0.25) is 0 Å². The summed E-state index contributed by atoms with van der Waals surface area (Å²) in [5, 5.41) is 1.25. The van der Waals surface area contributed by atoms with Crippen LogP contribution >= 0.6 is 0 Å². The van der Waals surface area contributed by atoms with Crippen molar-refractivity contribution in [3.63, 3.8) is 0 Å². The highest BCUT2D eigenvalue weighted by atomic mass is 19.4. The van der Waals surface area contributed by atoms with Crippen molar-refractivity contribution in [3.8, 4) is 22.6 Å². The maximum atomic E-state index is 13.7. The number of ether oxygens (including phenoxy) is 2. The van der Waals surface area contributed by atoms with Crippen molar-refractivity contribution in [2.45, 2.75) is 64.9 Å². The van der Waals surface area contributed by atoms with Crippen molar-refractivity contribution in [2.75, 3.05) is 11.4 Å². The SMILES string of the molecule is C=C1OC2(c3ccc(N4CC(C)(C)c5ccccc54)cc3Oc3ccc4cc(-c5cc(C(F)(F)F)cc(C(F)(F)F)c5)ccc4c32)c2ccccc21.Cc1cc(C)c(C)c(C)c1. The van der Waals surface area contributed by atoms with E-state index in [1.165, 1.54) is 33.9 Å². The Morgan fingerprint density at radius 1 is 0.613 bits per heavy atom. The van der Waals surface area contributed by atoms with Gasteiger partial charge in [-0.25, -0.2) is 0 Å². The van der Waals surface area contributed by atoms with E-state index >= 15 is 0 Å². The number of para-hydroxylation sites is 1. The third-order valence-electron chi connectivity index (χ3n) is 12.6. The number of anilines is 2. The molecule has 0 N–H and O–H groups in total. The highest BCUT2D eigenvalue weighted by Crippen LogP contribution is 2.61. The van der Waals surface area contributed by atoms with Gasteiger partial charge in [-0.3, -0.25) is 0 Å². The van der Waals surface area contributed by atoms with E-state index in [9.17, 15) is 26.3 Å². The molecule has 7 aromatic carbocycles. The first kappa shape index (κ1) is 40.9. The fourth-order valence-electron chi connectivity index (χ4n) is 9.41. The summed E-state index contributed by atoms with van der Waals surface area (Å²) in [5.74, 6) is 1.57. The third kappa shape index (κ3) is 6.69. The Labute approximate surface area is 356 Å². The molecule has 3 aliphatic rings. The summed E-state index contributed by atoms with van der Waals surface area (Å²) in [6.07, 6.45) is -9.93. The number of benzene rings is 7. The van der Waals surface area contributed by atoms with E-state index < -0.39 is 29.1 Å². The smallest absolute Gasteiger partial charge is 0.416 e. The normalized spacial score (nSPS) is 17.1. The zero-order chi connectivity index (χ0) is 44.1. The molecule has 0 aliphatic carbocycles. The number of hydrogen-bond acceptors (Lipinski definition) is 3. The number of rotatable bonds is 2. The maximum absolute atomic E-state index is 13.7. The summed E-state index contributed by atoms with van der Waals surface area (Å²) in [5.41, 5.74) is 7.94. The first-order valence-electron chi connectivity index (χ1n) is 20.3. The summed E-state index contributed by atoms with van der Waals surface area (Å²) in [6, 6.07) is 36.6. The summed E-state index contributed by atoms with van der Waals surface area (Å²) in [7, 11) is 0. The molecule has 0 radical (unpaired) electrons. The Morgan fingerprint density at radius 2 is 1.26 bits per heavy atom. The molecule has 1 atom stereocenters. The Kier molecular flexibility index (Phi) is 9.43. The summed E-state index contributed by atoms with van der Waals surface area (Å²) < 4.78 is 96.0. The molecule has 0 saturated carbocycles. The van der Waals surface area contributed by atoms with Crippen LogP contribution in [0, 0.1) is 27.7 Å². The summed E-state index contributed by atoms with van der Waals surface area (Å²) >= 11 is 0. The first-order valence-corrected chi connectivity index (χ1v) is 20.3. The van der Waals surface area contributed by atoms with E-state index in [2.05, 4.69) is 89.4 Å². The number of halogens is 6. The number of hydrogen-bond donors (Lipinski definition) is 0. The predicted molar refractivity (Wildman–Crippen MR) is 234 cm³/mol. The van der Waals surface area contributed by atoms with Gasteiger partial charge in [0.05, 0.1) is 16.7 Å². The fraction of sp³-hybridized carbons (Fsp3) is 0.208. The Balaban J connectivity index is 0.000000433. The largest absolute Gasteiger partial charge is 0.473 e. The minimum atomic E-state index is -4.97. The molecule has 314 valence electrons. The molecule has 0 aromatic heterocycles. The minimum absolute atomic E-state index is 0.0768. The van der Waals surface area contributed by atoms with Gasteiger partial charge in [0, 0.05) is 46.1 Å². The number of aryl methyl sites for hydroxylation is 3. The molecule has 1 spiro atoms. The average Bonchev–Trinajstić information content (AvgIpc) is 3.68. The Bertz CT molecular complexity index is 2920. The second-order valence-corrected chi connectivity index (χ2v) is 17.2. The lowest BCUT2D eigenvalue weighted by atomic mass is 9.75. The molecule has 62 heavy (non-hydrogen) atoms. The lowest BCUT2D eigenvalue weighted by Crippen LogP contribution is -2.32. The van der Waals surface area contributed by atoms with Gasteiger partial charge in [-0.2, -0.15) is 26.3 Å². The van der Waals surface area contributed by atoms with E-state index in [1.807, 2.05) is 42.5 Å². The summed E-state index contributed by atoms with van der Waals surface area (Å²) in [4.78, 5) is 2.28. The number of nitrogens with zero attached hydrogens (tertiary/aromatic N) is 1. The third-order valence-corrected chi connectivity index (χ3v) is 12.6. The van der Waals surface area contributed by atoms with Gasteiger partial charge in [0.25, 0.3) is 0 Å². The topological polar surface area (TPSA) is 21.7 Å². The van der Waals surface area contributed by atoms with Crippen molar-refractivity contribution in [3.05, 3.63) is 195 Å². The van der Waals surface area contributed by atoms with Crippen molar-refractivity contribution < 1.29 is 35.8 Å². The number of alkyl halides is 6. The highest BCUT2D eigenvalue weighted by molar-refractivity contribution is 5.95. The molecule has 9 heteroatoms.